The van der Waals surface area contributed by atoms with E-state index in [0.717, 1.165) is 4.70 Å². The minimum absolute atomic E-state index is 0.0983. The molecule has 0 unspecified atom stereocenters. The van der Waals surface area contributed by atoms with Gasteiger partial charge in [0.05, 0.1) is 16.8 Å². The molecule has 0 aromatic carbocycles. The van der Waals surface area contributed by atoms with E-state index in [4.69, 9.17) is 11.6 Å². The molecule has 0 atom stereocenters. The summed E-state index contributed by atoms with van der Waals surface area (Å²) in [6.45, 7) is 0.000679. The van der Waals surface area contributed by atoms with Crippen LogP contribution in [0.15, 0.2) is 11.4 Å². The van der Waals surface area contributed by atoms with Gasteiger partial charge in [0.25, 0.3) is 5.92 Å². The van der Waals surface area contributed by atoms with E-state index in [9.17, 15) is 8.78 Å². The summed E-state index contributed by atoms with van der Waals surface area (Å²) in [7, 11) is 0. The molecule has 0 aliphatic carbocycles. The van der Waals surface area contributed by atoms with Crippen LogP contribution in [0.4, 0.5) is 14.6 Å². The second kappa shape index (κ2) is 3.74. The second-order valence-corrected chi connectivity index (χ2v) is 5.23. The maximum atomic E-state index is 13.2. The minimum atomic E-state index is -2.64. The Bertz CT molecular complexity index is 572. The quantitative estimate of drug-likeness (QED) is 0.749. The van der Waals surface area contributed by atoms with Crippen molar-refractivity contribution in [2.24, 2.45) is 0 Å². The number of alkyl halides is 2. The summed E-state index contributed by atoms with van der Waals surface area (Å²) in [5.74, 6) is -2.12. The molecule has 1 aliphatic rings. The van der Waals surface area contributed by atoms with Crippen molar-refractivity contribution in [2.75, 3.05) is 18.0 Å². The van der Waals surface area contributed by atoms with E-state index in [1.54, 1.807) is 4.90 Å². The molecule has 0 N–H and O–H groups in total. The smallest absolute Gasteiger partial charge is 0.266 e. The zero-order chi connectivity index (χ0) is 12.0. The number of rotatable bonds is 1. The van der Waals surface area contributed by atoms with Gasteiger partial charge in [-0.25, -0.2) is 13.8 Å². The molecule has 0 bridgehead atoms. The average Bonchev–Trinajstić information content (AvgIpc) is 2.82. The summed E-state index contributed by atoms with van der Waals surface area (Å²) in [6.07, 6.45) is -0.137. The Morgan fingerprint density at radius 1 is 1.41 bits per heavy atom. The molecular formula is C10H8ClF2N3S. The van der Waals surface area contributed by atoms with Crippen molar-refractivity contribution >= 4 is 39.0 Å². The summed E-state index contributed by atoms with van der Waals surface area (Å²) < 4.78 is 27.2. The van der Waals surface area contributed by atoms with E-state index >= 15 is 0 Å². The Balaban J connectivity index is 2.08. The van der Waals surface area contributed by atoms with Crippen molar-refractivity contribution in [3.8, 4) is 0 Å². The number of hydrogen-bond donors (Lipinski definition) is 0. The molecular weight excluding hydrogens is 268 g/mol. The number of anilines is 1. The molecule has 3 rings (SSSR count). The van der Waals surface area contributed by atoms with Crippen LogP contribution in [0.1, 0.15) is 6.42 Å². The van der Waals surface area contributed by atoms with Gasteiger partial charge in [0.1, 0.15) is 0 Å². The molecule has 3 heterocycles. The molecule has 2 aromatic rings. The fourth-order valence-electron chi connectivity index (χ4n) is 1.95. The van der Waals surface area contributed by atoms with Crippen LogP contribution in [0.5, 0.6) is 0 Å². The molecule has 17 heavy (non-hydrogen) atoms. The average molecular weight is 276 g/mol. The molecule has 2 aromatic heterocycles. The molecule has 1 fully saturated rings. The predicted octanol–water partition coefficient (Wildman–Crippen LogP) is 3.19. The lowest BCUT2D eigenvalue weighted by Crippen LogP contribution is -2.25. The van der Waals surface area contributed by atoms with Crippen molar-refractivity contribution in [2.45, 2.75) is 12.3 Å². The van der Waals surface area contributed by atoms with Gasteiger partial charge in [0.2, 0.25) is 5.28 Å². The number of thiophene rings is 1. The highest BCUT2D eigenvalue weighted by atomic mass is 35.5. The van der Waals surface area contributed by atoms with Crippen molar-refractivity contribution in [1.82, 2.24) is 9.97 Å². The van der Waals surface area contributed by atoms with Gasteiger partial charge in [-0.3, -0.25) is 0 Å². The second-order valence-electron chi connectivity index (χ2n) is 3.98. The van der Waals surface area contributed by atoms with Gasteiger partial charge in [-0.1, -0.05) is 0 Å². The summed E-state index contributed by atoms with van der Waals surface area (Å²) in [5.41, 5.74) is 0.709. The van der Waals surface area contributed by atoms with Crippen molar-refractivity contribution in [3.63, 3.8) is 0 Å². The number of hydrogen-bond acceptors (Lipinski definition) is 4. The van der Waals surface area contributed by atoms with Crippen LogP contribution in [0, 0.1) is 0 Å². The Morgan fingerprint density at radius 3 is 2.94 bits per heavy atom. The van der Waals surface area contributed by atoms with Crippen LogP contribution in [-0.2, 0) is 0 Å². The predicted molar refractivity (Wildman–Crippen MR) is 64.2 cm³/mol. The van der Waals surface area contributed by atoms with E-state index < -0.39 is 5.92 Å². The third kappa shape index (κ3) is 1.95. The van der Waals surface area contributed by atoms with Gasteiger partial charge in [0, 0.05) is 13.0 Å². The Kier molecular flexibility index (Phi) is 2.45. The fourth-order valence-corrected chi connectivity index (χ4v) is 2.97. The van der Waals surface area contributed by atoms with E-state index in [2.05, 4.69) is 9.97 Å². The Labute approximate surface area is 105 Å². The van der Waals surface area contributed by atoms with Crippen LogP contribution >= 0.6 is 22.9 Å². The van der Waals surface area contributed by atoms with E-state index in [1.165, 1.54) is 11.3 Å². The minimum Gasteiger partial charge on any atom is -0.349 e. The zero-order valence-corrected chi connectivity index (χ0v) is 10.2. The van der Waals surface area contributed by atoms with Gasteiger partial charge in [-0.05, 0) is 23.0 Å². The molecule has 0 spiro atoms. The normalized spacial score (nSPS) is 19.1. The van der Waals surface area contributed by atoms with Gasteiger partial charge in [-0.15, -0.1) is 11.3 Å². The van der Waals surface area contributed by atoms with Crippen LogP contribution in [0.25, 0.3) is 10.2 Å². The third-order valence-electron chi connectivity index (χ3n) is 2.73. The first-order valence-corrected chi connectivity index (χ1v) is 6.34. The Morgan fingerprint density at radius 2 is 2.24 bits per heavy atom. The largest absolute Gasteiger partial charge is 0.349 e. The van der Waals surface area contributed by atoms with Crippen LogP contribution in [-0.4, -0.2) is 29.0 Å². The van der Waals surface area contributed by atoms with Gasteiger partial charge in [-0.2, -0.15) is 4.98 Å². The highest BCUT2D eigenvalue weighted by Crippen LogP contribution is 2.35. The van der Waals surface area contributed by atoms with Crippen LogP contribution < -0.4 is 4.90 Å². The number of halogens is 3. The topological polar surface area (TPSA) is 29.0 Å². The summed E-state index contributed by atoms with van der Waals surface area (Å²) >= 11 is 7.24. The Hall–Kier alpha value is -1.01. The van der Waals surface area contributed by atoms with Crippen LogP contribution in [0.2, 0.25) is 5.28 Å². The summed E-state index contributed by atoms with van der Waals surface area (Å²) in [6, 6.07) is 1.81. The highest BCUT2D eigenvalue weighted by molar-refractivity contribution is 7.17. The first-order chi connectivity index (χ1) is 8.05. The lowest BCUT2D eigenvalue weighted by molar-refractivity contribution is 0.0257. The molecule has 1 saturated heterocycles. The maximum absolute atomic E-state index is 13.2. The summed E-state index contributed by atoms with van der Waals surface area (Å²) in [4.78, 5) is 9.71. The first kappa shape index (κ1) is 11.1. The van der Waals surface area contributed by atoms with Gasteiger partial charge in [0.15, 0.2) is 5.82 Å². The standard InChI is InChI=1S/C10H8ClF2N3S/c11-9-14-6-1-4-17-7(6)8(15-9)16-3-2-10(12,13)5-16/h1,4H,2-3,5H2. The molecule has 0 amide bonds. The van der Waals surface area contributed by atoms with E-state index in [0.29, 0.717) is 17.9 Å². The van der Waals surface area contributed by atoms with Crippen molar-refractivity contribution in [1.29, 1.82) is 0 Å². The van der Waals surface area contributed by atoms with Crippen molar-refractivity contribution < 1.29 is 8.78 Å². The highest BCUT2D eigenvalue weighted by Gasteiger charge is 2.39. The monoisotopic (exact) mass is 275 g/mol. The summed E-state index contributed by atoms with van der Waals surface area (Å²) in [5, 5.41) is 1.95. The van der Waals surface area contributed by atoms with Crippen LogP contribution in [0.3, 0.4) is 0 Å². The molecule has 0 saturated carbocycles. The first-order valence-electron chi connectivity index (χ1n) is 5.09. The fraction of sp³-hybridized carbons (Fsp3) is 0.400. The van der Waals surface area contributed by atoms with Crippen molar-refractivity contribution in [3.05, 3.63) is 16.7 Å². The van der Waals surface area contributed by atoms with Gasteiger partial charge < -0.3 is 4.90 Å². The number of nitrogens with zero attached hydrogens (tertiary/aromatic N) is 3. The van der Waals surface area contributed by atoms with Gasteiger partial charge >= 0.3 is 0 Å². The lowest BCUT2D eigenvalue weighted by atomic mass is 10.3. The molecule has 1 aliphatic heterocycles. The number of fused-ring (bicyclic) bond motifs is 1. The molecule has 7 heteroatoms. The SMILES string of the molecule is FC1(F)CCN(c2nc(Cl)nc3ccsc23)C1. The molecule has 3 nitrogen and oxygen atoms in total. The van der Waals surface area contributed by atoms with E-state index in [-0.39, 0.29) is 18.2 Å². The zero-order valence-electron chi connectivity index (χ0n) is 8.66. The maximum Gasteiger partial charge on any atom is 0.266 e. The lowest BCUT2D eigenvalue weighted by Gasteiger charge is -2.17. The molecule has 90 valence electrons. The van der Waals surface area contributed by atoms with E-state index in [1.807, 2.05) is 11.4 Å². The third-order valence-corrected chi connectivity index (χ3v) is 3.80. The molecule has 0 radical (unpaired) electrons. The number of aromatic nitrogens is 2.